The Morgan fingerprint density at radius 1 is 0.538 bits per heavy atom. The Morgan fingerprint density at radius 2 is 0.962 bits per heavy atom. The maximum atomic E-state index is 3.66. The van der Waals surface area contributed by atoms with Crippen molar-refractivity contribution in [1.82, 2.24) is 10.6 Å². The summed E-state index contributed by atoms with van der Waals surface area (Å²) >= 11 is 0. The second kappa shape index (κ2) is 21.9. The van der Waals surface area contributed by atoms with Crippen LogP contribution in [0.1, 0.15) is 105 Å². The lowest BCUT2D eigenvalue weighted by Gasteiger charge is -2.21. The molecule has 4 heteroatoms. The molecule has 0 fully saturated rings. The van der Waals surface area contributed by atoms with Crippen molar-refractivity contribution < 1.29 is 0 Å². The van der Waals surface area contributed by atoms with Crippen LogP contribution in [0, 0.1) is 0 Å². The van der Waals surface area contributed by atoms with Gasteiger partial charge in [0.05, 0.1) is 0 Å². The molecule has 2 unspecified atom stereocenters. The van der Waals surface area contributed by atoms with Crippen molar-refractivity contribution in [1.29, 1.82) is 0 Å². The second-order valence-electron chi connectivity index (χ2n) is 7.54. The summed E-state index contributed by atoms with van der Waals surface area (Å²) in [6.07, 6.45) is 16.3. The SMILES string of the molecule is CCCCCCC(CNCCC)SSC(CCCCCC)CNCCC. The third-order valence-corrected chi connectivity index (χ3v) is 8.11. The fourth-order valence-corrected chi connectivity index (χ4v) is 6.14. The predicted octanol–water partition coefficient (Wildman–Crippen LogP) is 7.05. The quantitative estimate of drug-likeness (QED) is 0.158. The molecule has 0 bridgehead atoms. The zero-order valence-electron chi connectivity index (χ0n) is 18.3. The van der Waals surface area contributed by atoms with E-state index in [1.165, 1.54) is 90.1 Å². The van der Waals surface area contributed by atoms with Gasteiger partial charge in [-0.2, -0.15) is 0 Å². The molecule has 0 aliphatic heterocycles. The predicted molar refractivity (Wildman–Crippen MR) is 127 cm³/mol. The lowest BCUT2D eigenvalue weighted by atomic mass is 10.1. The fraction of sp³-hybridized carbons (Fsp3) is 1.00. The summed E-state index contributed by atoms with van der Waals surface area (Å²) in [5.74, 6) is 0. The molecule has 0 rings (SSSR count). The van der Waals surface area contributed by atoms with Gasteiger partial charge in [0.1, 0.15) is 0 Å². The van der Waals surface area contributed by atoms with Crippen LogP contribution >= 0.6 is 21.6 Å². The average Bonchev–Trinajstić information content (AvgIpc) is 2.65. The maximum Gasteiger partial charge on any atom is 0.0276 e. The molecule has 0 saturated heterocycles. The van der Waals surface area contributed by atoms with Gasteiger partial charge >= 0.3 is 0 Å². The van der Waals surface area contributed by atoms with E-state index in [2.05, 4.69) is 59.9 Å². The maximum absolute atomic E-state index is 3.66. The summed E-state index contributed by atoms with van der Waals surface area (Å²) < 4.78 is 0. The first kappa shape index (κ1) is 26.6. The lowest BCUT2D eigenvalue weighted by molar-refractivity contribution is 0.579. The summed E-state index contributed by atoms with van der Waals surface area (Å²) in [5.41, 5.74) is 0. The molecule has 0 saturated carbocycles. The normalized spacial score (nSPS) is 13.8. The van der Waals surface area contributed by atoms with Crippen molar-refractivity contribution in [2.24, 2.45) is 0 Å². The van der Waals surface area contributed by atoms with Crippen LogP contribution in [0.5, 0.6) is 0 Å². The van der Waals surface area contributed by atoms with E-state index in [4.69, 9.17) is 0 Å². The monoisotopic (exact) mass is 404 g/mol. The molecule has 0 heterocycles. The lowest BCUT2D eigenvalue weighted by Crippen LogP contribution is -2.27. The molecule has 0 aromatic heterocycles. The van der Waals surface area contributed by atoms with Gasteiger partial charge in [0, 0.05) is 23.6 Å². The van der Waals surface area contributed by atoms with E-state index in [0.717, 1.165) is 23.6 Å². The third kappa shape index (κ3) is 18.0. The van der Waals surface area contributed by atoms with E-state index >= 15 is 0 Å². The molecule has 0 aromatic rings. The molecule has 26 heavy (non-hydrogen) atoms. The fourth-order valence-electron chi connectivity index (χ4n) is 3.00. The van der Waals surface area contributed by atoms with Gasteiger partial charge in [-0.05, 0) is 38.8 Å². The first-order valence-electron chi connectivity index (χ1n) is 11.5. The Hall–Kier alpha value is 0.620. The summed E-state index contributed by atoms with van der Waals surface area (Å²) in [4.78, 5) is 0. The molecule has 0 aromatic carbocycles. The van der Waals surface area contributed by atoms with Crippen molar-refractivity contribution >= 4 is 21.6 Å². The molecule has 0 aliphatic carbocycles. The van der Waals surface area contributed by atoms with Crippen LogP contribution in [0.3, 0.4) is 0 Å². The van der Waals surface area contributed by atoms with Gasteiger partial charge in [0.2, 0.25) is 0 Å². The Labute approximate surface area is 173 Å². The number of nitrogens with one attached hydrogen (secondary N) is 2. The number of hydrogen-bond donors (Lipinski definition) is 2. The Kier molecular flexibility index (Phi) is 22.4. The van der Waals surface area contributed by atoms with E-state index < -0.39 is 0 Å². The Bertz CT molecular complexity index is 239. The molecule has 0 spiro atoms. The number of rotatable bonds is 21. The molecular formula is C22H48N2S2. The summed E-state index contributed by atoms with van der Waals surface area (Å²) in [7, 11) is 4.35. The topological polar surface area (TPSA) is 24.1 Å². The first-order valence-corrected chi connectivity index (χ1v) is 13.8. The number of unbranched alkanes of at least 4 members (excludes halogenated alkanes) is 6. The van der Waals surface area contributed by atoms with Crippen LogP contribution in [-0.2, 0) is 0 Å². The smallest absolute Gasteiger partial charge is 0.0276 e. The van der Waals surface area contributed by atoms with Crippen LogP contribution in [0.2, 0.25) is 0 Å². The van der Waals surface area contributed by atoms with Crippen LogP contribution in [-0.4, -0.2) is 36.7 Å². The van der Waals surface area contributed by atoms with Crippen LogP contribution < -0.4 is 10.6 Å². The van der Waals surface area contributed by atoms with Gasteiger partial charge in [-0.3, -0.25) is 0 Å². The van der Waals surface area contributed by atoms with Gasteiger partial charge in [-0.25, -0.2) is 0 Å². The van der Waals surface area contributed by atoms with Gasteiger partial charge < -0.3 is 10.6 Å². The summed E-state index contributed by atoms with van der Waals surface area (Å²) in [6.45, 7) is 13.8. The minimum atomic E-state index is 0.771. The largest absolute Gasteiger partial charge is 0.316 e. The van der Waals surface area contributed by atoms with Gasteiger partial charge in [0.15, 0.2) is 0 Å². The van der Waals surface area contributed by atoms with Crippen molar-refractivity contribution in [3.63, 3.8) is 0 Å². The third-order valence-electron chi connectivity index (χ3n) is 4.68. The average molecular weight is 405 g/mol. The number of hydrogen-bond acceptors (Lipinski definition) is 4. The highest BCUT2D eigenvalue weighted by Crippen LogP contribution is 2.35. The molecule has 0 aliphatic rings. The van der Waals surface area contributed by atoms with Crippen LogP contribution in [0.4, 0.5) is 0 Å². The van der Waals surface area contributed by atoms with Gasteiger partial charge in [-0.1, -0.05) is 101 Å². The van der Waals surface area contributed by atoms with E-state index in [1.807, 2.05) is 0 Å². The summed E-state index contributed by atoms with van der Waals surface area (Å²) in [6, 6.07) is 0. The van der Waals surface area contributed by atoms with Crippen molar-refractivity contribution in [2.75, 3.05) is 26.2 Å². The molecule has 2 atom stereocenters. The van der Waals surface area contributed by atoms with Gasteiger partial charge in [0.25, 0.3) is 0 Å². The minimum absolute atomic E-state index is 0.771. The molecule has 0 radical (unpaired) electrons. The van der Waals surface area contributed by atoms with E-state index in [1.54, 1.807) is 0 Å². The van der Waals surface area contributed by atoms with Gasteiger partial charge in [-0.15, -0.1) is 0 Å². The molecular weight excluding hydrogens is 356 g/mol. The molecule has 158 valence electrons. The second-order valence-corrected chi connectivity index (χ2v) is 10.4. The zero-order chi connectivity index (χ0) is 19.3. The molecule has 2 N–H and O–H groups in total. The minimum Gasteiger partial charge on any atom is -0.316 e. The highest BCUT2D eigenvalue weighted by molar-refractivity contribution is 8.77. The molecule has 2 nitrogen and oxygen atoms in total. The van der Waals surface area contributed by atoms with Crippen LogP contribution in [0.15, 0.2) is 0 Å². The molecule has 0 amide bonds. The van der Waals surface area contributed by atoms with Crippen molar-refractivity contribution in [3.8, 4) is 0 Å². The van der Waals surface area contributed by atoms with Crippen LogP contribution in [0.25, 0.3) is 0 Å². The Balaban J connectivity index is 4.26. The highest BCUT2D eigenvalue weighted by Gasteiger charge is 2.15. The van der Waals surface area contributed by atoms with Crippen molar-refractivity contribution in [3.05, 3.63) is 0 Å². The van der Waals surface area contributed by atoms with E-state index in [9.17, 15) is 0 Å². The van der Waals surface area contributed by atoms with E-state index in [-0.39, 0.29) is 0 Å². The van der Waals surface area contributed by atoms with E-state index in [0.29, 0.717) is 0 Å². The highest BCUT2D eigenvalue weighted by atomic mass is 33.1. The summed E-state index contributed by atoms with van der Waals surface area (Å²) in [5, 5.41) is 8.87. The zero-order valence-corrected chi connectivity index (χ0v) is 19.9. The standard InChI is InChI=1S/C22H48N2S2/c1-5-9-11-13-15-21(19-23-17-7-3)25-26-22(20-24-18-8-4)16-14-12-10-6-2/h21-24H,5-20H2,1-4H3. The van der Waals surface area contributed by atoms with Crippen molar-refractivity contribution in [2.45, 2.75) is 115 Å². The Morgan fingerprint density at radius 3 is 1.31 bits per heavy atom. The first-order chi connectivity index (χ1) is 12.8.